The summed E-state index contributed by atoms with van der Waals surface area (Å²) in [6.07, 6.45) is 0. The van der Waals surface area contributed by atoms with Crippen LogP contribution in [-0.4, -0.2) is 0 Å². The molecule has 0 saturated carbocycles. The molecule has 0 aliphatic carbocycles. The minimum absolute atomic E-state index is 0.376. The first kappa shape index (κ1) is 10.4. The molecule has 1 atom stereocenters. The third-order valence-corrected chi connectivity index (χ3v) is 5.81. The molecule has 74 valence electrons. The molecule has 0 saturated heterocycles. The van der Waals surface area contributed by atoms with Gasteiger partial charge < -0.3 is 0 Å². The van der Waals surface area contributed by atoms with E-state index in [9.17, 15) is 0 Å². The summed E-state index contributed by atoms with van der Waals surface area (Å²) in [6, 6.07) is 6.53. The number of thiophene rings is 2. The predicted molar refractivity (Wildman–Crippen MR) is 68.9 cm³/mol. The van der Waals surface area contributed by atoms with Gasteiger partial charge in [0.15, 0.2) is 0 Å². The van der Waals surface area contributed by atoms with Gasteiger partial charge in [-0.25, -0.2) is 0 Å². The van der Waals surface area contributed by atoms with E-state index >= 15 is 0 Å². The molecule has 0 aromatic carbocycles. The van der Waals surface area contributed by atoms with Gasteiger partial charge in [0.2, 0.25) is 0 Å². The van der Waals surface area contributed by atoms with Crippen LogP contribution in [0, 0.1) is 13.8 Å². The number of hydrogen-bond donors (Lipinski definition) is 0. The van der Waals surface area contributed by atoms with E-state index in [4.69, 9.17) is 0 Å². The van der Waals surface area contributed by atoms with Gasteiger partial charge in [-0.05, 0) is 36.9 Å². The second kappa shape index (κ2) is 4.17. The fourth-order valence-electron chi connectivity index (χ4n) is 1.48. The maximum atomic E-state index is 3.76. The lowest BCUT2D eigenvalue weighted by atomic mass is 10.2. The molecule has 2 aromatic heterocycles. The van der Waals surface area contributed by atoms with Crippen molar-refractivity contribution in [2.24, 2.45) is 0 Å². The van der Waals surface area contributed by atoms with Gasteiger partial charge in [0.1, 0.15) is 0 Å². The van der Waals surface area contributed by atoms with Gasteiger partial charge >= 0.3 is 0 Å². The van der Waals surface area contributed by atoms with Crippen molar-refractivity contribution in [2.45, 2.75) is 18.7 Å². The molecule has 0 fully saturated rings. The van der Waals surface area contributed by atoms with Crippen molar-refractivity contribution in [3.63, 3.8) is 0 Å². The van der Waals surface area contributed by atoms with Crippen molar-refractivity contribution >= 4 is 38.6 Å². The van der Waals surface area contributed by atoms with Crippen LogP contribution in [0.5, 0.6) is 0 Å². The Kier molecular flexibility index (Phi) is 3.10. The molecular formula is C11H11BrS2. The Balaban J connectivity index is 2.36. The van der Waals surface area contributed by atoms with Crippen molar-refractivity contribution in [3.8, 4) is 0 Å². The smallest absolute Gasteiger partial charge is 0.0833 e. The maximum absolute atomic E-state index is 3.76. The molecule has 0 aliphatic heterocycles. The monoisotopic (exact) mass is 286 g/mol. The lowest BCUT2D eigenvalue weighted by Gasteiger charge is -2.05. The van der Waals surface area contributed by atoms with Crippen LogP contribution in [-0.2, 0) is 0 Å². The summed E-state index contributed by atoms with van der Waals surface area (Å²) in [5.74, 6) is 0. The van der Waals surface area contributed by atoms with Crippen LogP contribution >= 0.6 is 38.6 Å². The van der Waals surface area contributed by atoms with Crippen LogP contribution in [0.4, 0.5) is 0 Å². The zero-order chi connectivity index (χ0) is 10.1. The number of alkyl halides is 1. The highest BCUT2D eigenvalue weighted by atomic mass is 79.9. The molecule has 0 spiro atoms. The fraction of sp³-hybridized carbons (Fsp3) is 0.273. The van der Waals surface area contributed by atoms with Gasteiger partial charge in [0, 0.05) is 14.6 Å². The molecule has 2 heterocycles. The first-order valence-corrected chi connectivity index (χ1v) is 7.04. The second-order valence-corrected chi connectivity index (χ2v) is 6.47. The minimum Gasteiger partial charge on any atom is -0.147 e. The Morgan fingerprint density at radius 3 is 2.64 bits per heavy atom. The van der Waals surface area contributed by atoms with Crippen LogP contribution in [0.25, 0.3) is 0 Å². The molecule has 3 heteroatoms. The summed E-state index contributed by atoms with van der Waals surface area (Å²) in [7, 11) is 0. The van der Waals surface area contributed by atoms with Crippen LogP contribution in [0.3, 0.4) is 0 Å². The first-order valence-electron chi connectivity index (χ1n) is 4.43. The average Bonchev–Trinajstić information content (AvgIpc) is 2.73. The van der Waals surface area contributed by atoms with Gasteiger partial charge in [-0.1, -0.05) is 22.0 Å². The van der Waals surface area contributed by atoms with Crippen LogP contribution in [0.15, 0.2) is 23.6 Å². The quantitative estimate of drug-likeness (QED) is 0.688. The Hall–Kier alpha value is -0.120. The molecular weight excluding hydrogens is 276 g/mol. The highest BCUT2D eigenvalue weighted by Gasteiger charge is 2.15. The van der Waals surface area contributed by atoms with E-state index in [-0.39, 0.29) is 0 Å². The standard InChI is InChI=1S/C11H11BrS2/c1-7-6-8(2)14-11(7)10(12)9-4-3-5-13-9/h3-6,10H,1-2H3. The largest absolute Gasteiger partial charge is 0.147 e. The highest BCUT2D eigenvalue weighted by molar-refractivity contribution is 9.09. The zero-order valence-corrected chi connectivity index (χ0v) is 11.3. The van der Waals surface area contributed by atoms with Gasteiger partial charge in [0.05, 0.1) is 4.83 Å². The molecule has 0 bridgehead atoms. The predicted octanol–water partition coefficient (Wildman–Crippen LogP) is 4.91. The first-order chi connectivity index (χ1) is 6.68. The molecule has 0 aliphatic rings. The van der Waals surface area contributed by atoms with E-state index in [2.05, 4.69) is 53.4 Å². The Morgan fingerprint density at radius 1 is 1.36 bits per heavy atom. The van der Waals surface area contributed by atoms with E-state index in [1.807, 2.05) is 11.3 Å². The second-order valence-electron chi connectivity index (χ2n) is 3.28. The summed E-state index contributed by atoms with van der Waals surface area (Å²) >= 11 is 7.44. The topological polar surface area (TPSA) is 0 Å². The molecule has 0 N–H and O–H groups in total. The Morgan fingerprint density at radius 2 is 2.14 bits per heavy atom. The van der Waals surface area contributed by atoms with E-state index in [0.717, 1.165) is 0 Å². The third-order valence-electron chi connectivity index (χ3n) is 2.10. The third kappa shape index (κ3) is 1.95. The van der Waals surface area contributed by atoms with Crippen molar-refractivity contribution < 1.29 is 0 Å². The van der Waals surface area contributed by atoms with E-state index in [1.54, 1.807) is 11.3 Å². The Labute approximate surface area is 101 Å². The minimum atomic E-state index is 0.376. The summed E-state index contributed by atoms with van der Waals surface area (Å²) in [6.45, 7) is 4.34. The zero-order valence-electron chi connectivity index (χ0n) is 8.08. The van der Waals surface area contributed by atoms with Crippen LogP contribution in [0.1, 0.15) is 25.0 Å². The molecule has 2 aromatic rings. The average molecular weight is 287 g/mol. The normalized spacial score (nSPS) is 13.1. The van der Waals surface area contributed by atoms with Crippen LogP contribution < -0.4 is 0 Å². The number of hydrogen-bond acceptors (Lipinski definition) is 2. The van der Waals surface area contributed by atoms with Gasteiger partial charge in [-0.3, -0.25) is 0 Å². The summed E-state index contributed by atoms with van der Waals surface area (Å²) in [4.78, 5) is 4.58. The van der Waals surface area contributed by atoms with Gasteiger partial charge in [-0.2, -0.15) is 0 Å². The number of rotatable bonds is 2. The van der Waals surface area contributed by atoms with E-state index < -0.39 is 0 Å². The molecule has 0 amide bonds. The number of halogens is 1. The lowest BCUT2D eigenvalue weighted by molar-refractivity contribution is 1.24. The van der Waals surface area contributed by atoms with Gasteiger partial charge in [0.25, 0.3) is 0 Å². The van der Waals surface area contributed by atoms with Gasteiger partial charge in [-0.15, -0.1) is 22.7 Å². The van der Waals surface area contributed by atoms with E-state index in [0.29, 0.717) is 4.83 Å². The van der Waals surface area contributed by atoms with E-state index in [1.165, 1.54) is 20.2 Å². The summed E-state index contributed by atoms with van der Waals surface area (Å²) in [5, 5.41) is 2.12. The summed E-state index contributed by atoms with van der Waals surface area (Å²) < 4.78 is 0. The highest BCUT2D eigenvalue weighted by Crippen LogP contribution is 2.39. The van der Waals surface area contributed by atoms with Crippen molar-refractivity contribution in [3.05, 3.63) is 43.8 Å². The van der Waals surface area contributed by atoms with Crippen molar-refractivity contribution in [2.75, 3.05) is 0 Å². The maximum Gasteiger partial charge on any atom is 0.0833 e. The lowest BCUT2D eigenvalue weighted by Crippen LogP contribution is -1.86. The fourth-order valence-corrected chi connectivity index (χ4v) is 4.41. The number of aryl methyl sites for hydroxylation is 2. The Bertz CT molecular complexity index is 414. The molecule has 14 heavy (non-hydrogen) atoms. The van der Waals surface area contributed by atoms with Crippen molar-refractivity contribution in [1.82, 2.24) is 0 Å². The molecule has 2 rings (SSSR count). The molecule has 0 nitrogen and oxygen atoms in total. The van der Waals surface area contributed by atoms with Crippen molar-refractivity contribution in [1.29, 1.82) is 0 Å². The summed E-state index contributed by atoms with van der Waals surface area (Å²) in [5.41, 5.74) is 1.39. The van der Waals surface area contributed by atoms with Crippen LogP contribution in [0.2, 0.25) is 0 Å². The molecule has 1 unspecified atom stereocenters. The SMILES string of the molecule is Cc1cc(C)c(C(Br)c2cccs2)s1. The molecule has 0 radical (unpaired) electrons.